The van der Waals surface area contributed by atoms with Gasteiger partial charge < -0.3 is 10.6 Å². The minimum absolute atomic E-state index is 0.187. The fourth-order valence-corrected chi connectivity index (χ4v) is 3.55. The molecule has 1 saturated carbocycles. The third-order valence-corrected chi connectivity index (χ3v) is 4.73. The van der Waals surface area contributed by atoms with E-state index in [0.717, 1.165) is 45.1 Å². The van der Waals surface area contributed by atoms with Gasteiger partial charge in [-0.1, -0.05) is 6.07 Å². The molecule has 1 atom stereocenters. The van der Waals surface area contributed by atoms with Gasteiger partial charge in [0.1, 0.15) is 0 Å². The standard InChI is InChI=1S/C16H23N3O/c17-14-7-5-12(6-8-14)16(20)19-10-2-4-15(19)13-3-1-9-18-11-13/h1,3,9,11-12,14-15H,2,4-8,10,17H2. The van der Waals surface area contributed by atoms with Gasteiger partial charge >= 0.3 is 0 Å². The minimum Gasteiger partial charge on any atom is -0.335 e. The highest BCUT2D eigenvalue weighted by Gasteiger charge is 2.35. The quantitative estimate of drug-likeness (QED) is 0.899. The maximum atomic E-state index is 12.8. The van der Waals surface area contributed by atoms with Crippen LogP contribution in [0.5, 0.6) is 0 Å². The van der Waals surface area contributed by atoms with Crippen LogP contribution in [0.25, 0.3) is 0 Å². The van der Waals surface area contributed by atoms with Gasteiger partial charge in [0.05, 0.1) is 6.04 Å². The molecule has 1 aliphatic heterocycles. The Morgan fingerprint density at radius 2 is 2.05 bits per heavy atom. The lowest BCUT2D eigenvalue weighted by molar-refractivity contribution is -0.137. The molecule has 1 unspecified atom stereocenters. The van der Waals surface area contributed by atoms with Crippen molar-refractivity contribution < 1.29 is 4.79 Å². The topological polar surface area (TPSA) is 59.2 Å². The van der Waals surface area contributed by atoms with Crippen LogP contribution >= 0.6 is 0 Å². The van der Waals surface area contributed by atoms with Gasteiger partial charge in [-0.2, -0.15) is 0 Å². The molecule has 1 aliphatic carbocycles. The number of hydrogen-bond donors (Lipinski definition) is 1. The molecule has 108 valence electrons. The Labute approximate surface area is 120 Å². The van der Waals surface area contributed by atoms with Gasteiger partial charge in [0.25, 0.3) is 0 Å². The average molecular weight is 273 g/mol. The van der Waals surface area contributed by atoms with Gasteiger partial charge in [0.2, 0.25) is 5.91 Å². The molecule has 4 nitrogen and oxygen atoms in total. The molecule has 2 aliphatic rings. The minimum atomic E-state index is 0.187. The van der Waals surface area contributed by atoms with Crippen LogP contribution in [0.3, 0.4) is 0 Å². The number of pyridine rings is 1. The SMILES string of the molecule is NC1CCC(C(=O)N2CCCC2c2cccnc2)CC1. The van der Waals surface area contributed by atoms with Crippen molar-refractivity contribution in [2.75, 3.05) is 6.54 Å². The van der Waals surface area contributed by atoms with Crippen LogP contribution in [-0.4, -0.2) is 28.4 Å². The van der Waals surface area contributed by atoms with Crippen molar-refractivity contribution in [3.05, 3.63) is 30.1 Å². The first kappa shape index (κ1) is 13.6. The Morgan fingerprint density at radius 3 is 2.75 bits per heavy atom. The predicted molar refractivity (Wildman–Crippen MR) is 77.9 cm³/mol. The third kappa shape index (κ3) is 2.70. The molecule has 3 rings (SSSR count). The van der Waals surface area contributed by atoms with Crippen molar-refractivity contribution in [2.24, 2.45) is 11.7 Å². The van der Waals surface area contributed by atoms with Crippen LogP contribution in [-0.2, 0) is 4.79 Å². The molecular formula is C16H23N3O. The van der Waals surface area contributed by atoms with E-state index in [0.29, 0.717) is 11.9 Å². The first-order chi connectivity index (χ1) is 9.75. The van der Waals surface area contributed by atoms with Gasteiger partial charge in [-0.05, 0) is 50.2 Å². The summed E-state index contributed by atoms with van der Waals surface area (Å²) in [6.07, 6.45) is 9.72. The molecular weight excluding hydrogens is 250 g/mol. The van der Waals surface area contributed by atoms with Crippen LogP contribution in [0.1, 0.15) is 50.1 Å². The lowest BCUT2D eigenvalue weighted by Crippen LogP contribution is -2.39. The zero-order valence-corrected chi connectivity index (χ0v) is 11.9. The summed E-state index contributed by atoms with van der Waals surface area (Å²) in [7, 11) is 0. The molecule has 2 N–H and O–H groups in total. The molecule has 0 radical (unpaired) electrons. The lowest BCUT2D eigenvalue weighted by atomic mass is 9.85. The van der Waals surface area contributed by atoms with E-state index in [-0.39, 0.29) is 12.0 Å². The number of amides is 1. The molecule has 1 aromatic heterocycles. The van der Waals surface area contributed by atoms with Gasteiger partial charge in [-0.25, -0.2) is 0 Å². The van der Waals surface area contributed by atoms with E-state index in [9.17, 15) is 4.79 Å². The molecule has 2 fully saturated rings. The Bertz CT molecular complexity index is 454. The number of carbonyl (C=O) groups is 1. The van der Waals surface area contributed by atoms with E-state index in [4.69, 9.17) is 5.73 Å². The highest BCUT2D eigenvalue weighted by atomic mass is 16.2. The first-order valence-corrected chi connectivity index (χ1v) is 7.71. The second-order valence-corrected chi connectivity index (χ2v) is 6.09. The number of hydrogen-bond acceptors (Lipinski definition) is 3. The summed E-state index contributed by atoms with van der Waals surface area (Å²) in [5.74, 6) is 0.523. The second-order valence-electron chi connectivity index (χ2n) is 6.09. The second kappa shape index (κ2) is 5.92. The normalized spacial score (nSPS) is 30.4. The smallest absolute Gasteiger partial charge is 0.226 e. The number of nitrogens with zero attached hydrogens (tertiary/aromatic N) is 2. The fraction of sp³-hybridized carbons (Fsp3) is 0.625. The Hall–Kier alpha value is -1.42. The van der Waals surface area contributed by atoms with Crippen LogP contribution in [0.15, 0.2) is 24.5 Å². The molecule has 4 heteroatoms. The maximum Gasteiger partial charge on any atom is 0.226 e. The first-order valence-electron chi connectivity index (χ1n) is 7.71. The molecule has 20 heavy (non-hydrogen) atoms. The Balaban J connectivity index is 1.70. The zero-order valence-electron chi connectivity index (χ0n) is 11.9. The Morgan fingerprint density at radius 1 is 1.25 bits per heavy atom. The van der Waals surface area contributed by atoms with Crippen LogP contribution in [0.4, 0.5) is 0 Å². The van der Waals surface area contributed by atoms with E-state index >= 15 is 0 Å². The molecule has 0 aromatic carbocycles. The zero-order chi connectivity index (χ0) is 13.9. The predicted octanol–water partition coefficient (Wildman–Crippen LogP) is 2.26. The summed E-state index contributed by atoms with van der Waals surface area (Å²) in [4.78, 5) is 19.0. The summed E-state index contributed by atoms with van der Waals surface area (Å²) in [5.41, 5.74) is 7.11. The summed E-state index contributed by atoms with van der Waals surface area (Å²) < 4.78 is 0. The molecule has 1 amide bonds. The molecule has 0 spiro atoms. The number of likely N-dealkylation sites (tertiary alicyclic amines) is 1. The maximum absolute atomic E-state index is 12.8. The van der Waals surface area contributed by atoms with Gasteiger partial charge in [-0.3, -0.25) is 9.78 Å². The van der Waals surface area contributed by atoms with Crippen molar-refractivity contribution in [3.63, 3.8) is 0 Å². The summed E-state index contributed by atoms with van der Waals surface area (Å²) in [6.45, 7) is 0.890. The highest BCUT2D eigenvalue weighted by molar-refractivity contribution is 5.79. The number of rotatable bonds is 2. The largest absolute Gasteiger partial charge is 0.335 e. The van der Waals surface area contributed by atoms with E-state index in [1.807, 2.05) is 12.3 Å². The van der Waals surface area contributed by atoms with Crippen molar-refractivity contribution in [1.82, 2.24) is 9.88 Å². The van der Waals surface area contributed by atoms with E-state index < -0.39 is 0 Å². The van der Waals surface area contributed by atoms with Crippen molar-refractivity contribution in [1.29, 1.82) is 0 Å². The Kier molecular flexibility index (Phi) is 4.01. The summed E-state index contributed by atoms with van der Waals surface area (Å²) in [5, 5.41) is 0. The lowest BCUT2D eigenvalue weighted by Gasteiger charge is -2.32. The average Bonchev–Trinajstić information content (AvgIpc) is 2.97. The van der Waals surface area contributed by atoms with Crippen molar-refractivity contribution in [2.45, 2.75) is 50.6 Å². The molecule has 0 bridgehead atoms. The number of carbonyl (C=O) groups excluding carboxylic acids is 1. The van der Waals surface area contributed by atoms with Gasteiger partial charge in [0.15, 0.2) is 0 Å². The van der Waals surface area contributed by atoms with Crippen molar-refractivity contribution >= 4 is 5.91 Å². The van der Waals surface area contributed by atoms with E-state index in [2.05, 4.69) is 16.0 Å². The third-order valence-electron chi connectivity index (χ3n) is 4.73. The van der Waals surface area contributed by atoms with Gasteiger partial charge in [0, 0.05) is 30.9 Å². The monoisotopic (exact) mass is 273 g/mol. The highest BCUT2D eigenvalue weighted by Crippen LogP contribution is 2.35. The van der Waals surface area contributed by atoms with Gasteiger partial charge in [-0.15, -0.1) is 0 Å². The fourth-order valence-electron chi connectivity index (χ4n) is 3.55. The summed E-state index contributed by atoms with van der Waals surface area (Å²) >= 11 is 0. The number of nitrogens with two attached hydrogens (primary N) is 1. The van der Waals surface area contributed by atoms with E-state index in [1.54, 1.807) is 6.20 Å². The molecule has 1 aromatic rings. The number of aromatic nitrogens is 1. The van der Waals surface area contributed by atoms with Crippen LogP contribution in [0.2, 0.25) is 0 Å². The summed E-state index contributed by atoms with van der Waals surface area (Å²) in [6, 6.07) is 4.56. The molecule has 2 heterocycles. The molecule has 1 saturated heterocycles. The van der Waals surface area contributed by atoms with Crippen LogP contribution < -0.4 is 5.73 Å². The van der Waals surface area contributed by atoms with Crippen LogP contribution in [0, 0.1) is 5.92 Å². The van der Waals surface area contributed by atoms with E-state index in [1.165, 1.54) is 5.56 Å². The van der Waals surface area contributed by atoms with Crippen molar-refractivity contribution in [3.8, 4) is 0 Å².